The molecule has 0 saturated heterocycles. The monoisotopic (exact) mass is 314 g/mol. The lowest BCUT2D eigenvalue weighted by atomic mass is 10.1. The quantitative estimate of drug-likeness (QED) is 0.678. The van der Waals surface area contributed by atoms with Crippen LogP contribution in [0.5, 0.6) is 0 Å². The summed E-state index contributed by atoms with van der Waals surface area (Å²) in [6.07, 6.45) is 1.56. The summed E-state index contributed by atoms with van der Waals surface area (Å²) in [5, 5.41) is 5.60. The average molecular weight is 314 g/mol. The number of rotatable bonds is 5. The molecule has 0 aliphatic heterocycles. The fraction of sp³-hybridized carbons (Fsp3) is 0.294. The van der Waals surface area contributed by atoms with E-state index >= 15 is 0 Å². The predicted octanol–water partition coefficient (Wildman–Crippen LogP) is 1.95. The minimum atomic E-state index is -0.283. The Hall–Kier alpha value is -2.60. The number of H-pyrrole nitrogens is 1. The average Bonchev–Trinajstić information content (AvgIpc) is 2.53. The van der Waals surface area contributed by atoms with Gasteiger partial charge >= 0.3 is 6.03 Å². The van der Waals surface area contributed by atoms with Gasteiger partial charge in [-0.2, -0.15) is 0 Å². The molecule has 6 nitrogen and oxygen atoms in total. The third-order valence-electron chi connectivity index (χ3n) is 3.61. The first kappa shape index (κ1) is 16.8. The van der Waals surface area contributed by atoms with Crippen LogP contribution >= 0.6 is 0 Å². The van der Waals surface area contributed by atoms with E-state index in [2.05, 4.69) is 15.6 Å². The van der Waals surface area contributed by atoms with Crippen LogP contribution in [-0.2, 0) is 6.54 Å². The highest BCUT2D eigenvalue weighted by Gasteiger charge is 2.09. The Kier molecular flexibility index (Phi) is 5.54. The van der Waals surface area contributed by atoms with E-state index in [0.29, 0.717) is 6.54 Å². The fourth-order valence-corrected chi connectivity index (χ4v) is 2.18. The van der Waals surface area contributed by atoms with E-state index in [9.17, 15) is 9.59 Å². The van der Waals surface area contributed by atoms with Crippen LogP contribution in [0.3, 0.4) is 0 Å². The molecule has 122 valence electrons. The molecule has 2 rings (SSSR count). The minimum absolute atomic E-state index is 0.00446. The first-order valence-corrected chi connectivity index (χ1v) is 7.53. The standard InChI is InChI=1S/C17H22N4O2/c1-11(18)14-5-3-13(4-6-14)10-20-17(23)21-12(2)15-7-8-19-16(22)9-15/h3-9,11-12H,10,18H2,1-2H3,(H,19,22)(H2,20,21,23)/t11-,12?/m1/s1. The first-order valence-electron chi connectivity index (χ1n) is 7.53. The largest absolute Gasteiger partial charge is 0.334 e. The zero-order chi connectivity index (χ0) is 16.8. The molecule has 5 N–H and O–H groups in total. The lowest BCUT2D eigenvalue weighted by Gasteiger charge is -2.15. The van der Waals surface area contributed by atoms with Gasteiger partial charge in [0, 0.05) is 24.8 Å². The number of hydrogen-bond acceptors (Lipinski definition) is 3. The highest BCUT2D eigenvalue weighted by atomic mass is 16.2. The molecule has 2 aromatic rings. The first-order chi connectivity index (χ1) is 11.0. The van der Waals surface area contributed by atoms with E-state index in [0.717, 1.165) is 16.7 Å². The van der Waals surface area contributed by atoms with Gasteiger partial charge in [0.1, 0.15) is 0 Å². The third kappa shape index (κ3) is 4.96. The van der Waals surface area contributed by atoms with Gasteiger partial charge in [-0.25, -0.2) is 4.79 Å². The number of carbonyl (C=O) groups is 1. The normalized spacial score (nSPS) is 13.2. The summed E-state index contributed by atoms with van der Waals surface area (Å²) in [7, 11) is 0. The predicted molar refractivity (Wildman–Crippen MR) is 89.9 cm³/mol. The van der Waals surface area contributed by atoms with Crippen LogP contribution in [0.15, 0.2) is 47.4 Å². The smallest absolute Gasteiger partial charge is 0.315 e. The molecule has 2 atom stereocenters. The van der Waals surface area contributed by atoms with Crippen molar-refractivity contribution >= 4 is 6.03 Å². The summed E-state index contributed by atoms with van der Waals surface area (Å²) >= 11 is 0. The topological polar surface area (TPSA) is 100 Å². The maximum absolute atomic E-state index is 11.9. The minimum Gasteiger partial charge on any atom is -0.334 e. The van der Waals surface area contributed by atoms with Crippen LogP contribution in [-0.4, -0.2) is 11.0 Å². The number of urea groups is 1. The van der Waals surface area contributed by atoms with Crippen LogP contribution in [0.1, 0.15) is 42.6 Å². The number of carbonyl (C=O) groups excluding carboxylic acids is 1. The van der Waals surface area contributed by atoms with Gasteiger partial charge in [0.2, 0.25) is 5.56 Å². The third-order valence-corrected chi connectivity index (χ3v) is 3.61. The van der Waals surface area contributed by atoms with Gasteiger partial charge in [-0.3, -0.25) is 4.79 Å². The Balaban J connectivity index is 1.86. The van der Waals surface area contributed by atoms with Gasteiger partial charge in [0.15, 0.2) is 0 Å². The van der Waals surface area contributed by atoms with E-state index in [4.69, 9.17) is 5.73 Å². The van der Waals surface area contributed by atoms with Gasteiger partial charge in [-0.05, 0) is 36.6 Å². The van der Waals surface area contributed by atoms with Crippen LogP contribution in [0.25, 0.3) is 0 Å². The van der Waals surface area contributed by atoms with E-state index in [1.54, 1.807) is 12.3 Å². The summed E-state index contributed by atoms with van der Waals surface area (Å²) < 4.78 is 0. The number of nitrogens with one attached hydrogen (secondary N) is 3. The molecule has 1 heterocycles. The molecule has 0 bridgehead atoms. The number of aromatic nitrogens is 1. The number of pyridine rings is 1. The van der Waals surface area contributed by atoms with E-state index < -0.39 is 0 Å². The summed E-state index contributed by atoms with van der Waals surface area (Å²) in [5.74, 6) is 0. The summed E-state index contributed by atoms with van der Waals surface area (Å²) in [6, 6.07) is 10.5. The molecular formula is C17H22N4O2. The number of amides is 2. The fourth-order valence-electron chi connectivity index (χ4n) is 2.18. The molecule has 0 saturated carbocycles. The van der Waals surface area contributed by atoms with Crippen LogP contribution in [0.4, 0.5) is 4.79 Å². The maximum atomic E-state index is 11.9. The molecule has 0 aliphatic rings. The van der Waals surface area contributed by atoms with Crippen LogP contribution in [0.2, 0.25) is 0 Å². The van der Waals surface area contributed by atoms with Crippen molar-refractivity contribution in [1.82, 2.24) is 15.6 Å². The van der Waals surface area contributed by atoms with Crippen molar-refractivity contribution in [3.8, 4) is 0 Å². The molecular weight excluding hydrogens is 292 g/mol. The van der Waals surface area contributed by atoms with Crippen molar-refractivity contribution < 1.29 is 4.79 Å². The Morgan fingerprint density at radius 1 is 1.17 bits per heavy atom. The molecule has 1 aromatic carbocycles. The van der Waals surface area contributed by atoms with Crippen molar-refractivity contribution in [2.24, 2.45) is 5.73 Å². The molecule has 1 aromatic heterocycles. The molecule has 0 aliphatic carbocycles. The highest BCUT2D eigenvalue weighted by Crippen LogP contribution is 2.11. The van der Waals surface area contributed by atoms with Crippen molar-refractivity contribution in [3.63, 3.8) is 0 Å². The van der Waals surface area contributed by atoms with E-state index in [1.807, 2.05) is 38.1 Å². The number of nitrogens with two attached hydrogens (primary N) is 1. The Labute approximate surface area is 135 Å². The van der Waals surface area contributed by atoms with E-state index in [1.165, 1.54) is 6.07 Å². The van der Waals surface area contributed by atoms with Crippen molar-refractivity contribution in [2.75, 3.05) is 0 Å². The lowest BCUT2D eigenvalue weighted by Crippen LogP contribution is -2.36. The van der Waals surface area contributed by atoms with Crippen molar-refractivity contribution in [2.45, 2.75) is 32.5 Å². The van der Waals surface area contributed by atoms with Gasteiger partial charge in [0.05, 0.1) is 6.04 Å². The molecule has 0 spiro atoms. The Bertz CT molecular complexity index is 707. The number of benzene rings is 1. The SMILES string of the molecule is CC(NC(=O)NCc1ccc([C@@H](C)N)cc1)c1cc[nH]c(=O)c1. The number of hydrogen-bond donors (Lipinski definition) is 4. The van der Waals surface area contributed by atoms with Gasteiger partial charge < -0.3 is 21.4 Å². The molecule has 23 heavy (non-hydrogen) atoms. The molecule has 0 radical (unpaired) electrons. The summed E-state index contributed by atoms with van der Waals surface area (Å²) in [4.78, 5) is 25.8. The second-order valence-corrected chi connectivity index (χ2v) is 5.57. The highest BCUT2D eigenvalue weighted by molar-refractivity contribution is 5.74. The second-order valence-electron chi connectivity index (χ2n) is 5.57. The molecule has 0 fully saturated rings. The van der Waals surface area contributed by atoms with Crippen molar-refractivity contribution in [3.05, 3.63) is 69.6 Å². The van der Waals surface area contributed by atoms with Gasteiger partial charge in [-0.1, -0.05) is 24.3 Å². The van der Waals surface area contributed by atoms with Gasteiger partial charge in [-0.15, -0.1) is 0 Å². The lowest BCUT2D eigenvalue weighted by molar-refractivity contribution is 0.237. The maximum Gasteiger partial charge on any atom is 0.315 e. The Morgan fingerprint density at radius 2 is 1.87 bits per heavy atom. The molecule has 6 heteroatoms. The van der Waals surface area contributed by atoms with Gasteiger partial charge in [0.25, 0.3) is 0 Å². The number of aromatic amines is 1. The second kappa shape index (κ2) is 7.60. The van der Waals surface area contributed by atoms with Crippen molar-refractivity contribution in [1.29, 1.82) is 0 Å². The molecule has 1 unspecified atom stereocenters. The summed E-state index contributed by atoms with van der Waals surface area (Å²) in [5.41, 5.74) is 8.42. The van der Waals surface area contributed by atoms with E-state index in [-0.39, 0.29) is 23.7 Å². The molecule has 2 amide bonds. The van der Waals surface area contributed by atoms with Crippen LogP contribution < -0.4 is 21.9 Å². The van der Waals surface area contributed by atoms with Crippen LogP contribution in [0, 0.1) is 0 Å². The zero-order valence-electron chi connectivity index (χ0n) is 13.3. The zero-order valence-corrected chi connectivity index (χ0v) is 13.3. The Morgan fingerprint density at radius 3 is 2.48 bits per heavy atom. The summed E-state index contributed by atoms with van der Waals surface area (Å²) in [6.45, 7) is 4.18.